The van der Waals surface area contributed by atoms with Gasteiger partial charge in [-0.1, -0.05) is 35.0 Å². The Bertz CT molecular complexity index is 473. The molecular weight excluding hydrogens is 212 g/mol. The molecule has 3 nitrogen and oxygen atoms in total. The molecule has 0 aliphatic carbocycles. The molecule has 0 fully saturated rings. The van der Waals surface area contributed by atoms with Crippen LogP contribution in [0.25, 0.3) is 0 Å². The Morgan fingerprint density at radius 2 is 1.94 bits per heavy atom. The van der Waals surface area contributed by atoms with Crippen molar-refractivity contribution in [3.05, 3.63) is 52.9 Å². The van der Waals surface area contributed by atoms with Gasteiger partial charge in [0.2, 0.25) is 0 Å². The topological polar surface area (TPSA) is 38.1 Å². The summed E-state index contributed by atoms with van der Waals surface area (Å²) < 4.78 is 5.03. The van der Waals surface area contributed by atoms with Crippen molar-refractivity contribution in [3.8, 4) is 0 Å². The third-order valence-corrected chi connectivity index (χ3v) is 2.84. The summed E-state index contributed by atoms with van der Waals surface area (Å²) in [4.78, 5) is 0. The molecular formula is C14H18N2O. The van der Waals surface area contributed by atoms with Crippen molar-refractivity contribution in [2.75, 3.05) is 0 Å². The van der Waals surface area contributed by atoms with Gasteiger partial charge in [0, 0.05) is 18.7 Å². The summed E-state index contributed by atoms with van der Waals surface area (Å²) in [6, 6.07) is 10.8. The summed E-state index contributed by atoms with van der Waals surface area (Å²) in [5.74, 6) is 0.852. The van der Waals surface area contributed by atoms with Gasteiger partial charge in [0.25, 0.3) is 0 Å². The summed E-state index contributed by atoms with van der Waals surface area (Å²) >= 11 is 0. The van der Waals surface area contributed by atoms with Gasteiger partial charge in [-0.25, -0.2) is 0 Å². The van der Waals surface area contributed by atoms with Gasteiger partial charge in [-0.2, -0.15) is 0 Å². The van der Waals surface area contributed by atoms with Gasteiger partial charge in [0.05, 0.1) is 5.69 Å². The standard InChI is InChI=1S/C14H18N2O/c1-10-4-6-13(7-5-10)12(3)15-9-14-8-11(2)17-16-14/h4-8,12,15H,9H2,1-3H3. The number of aromatic nitrogens is 1. The predicted molar refractivity (Wildman–Crippen MR) is 67.7 cm³/mol. The van der Waals surface area contributed by atoms with Crippen LogP contribution in [0.3, 0.4) is 0 Å². The number of aryl methyl sites for hydroxylation is 2. The van der Waals surface area contributed by atoms with Crippen LogP contribution in [0.2, 0.25) is 0 Å². The summed E-state index contributed by atoms with van der Waals surface area (Å²) in [5.41, 5.74) is 3.52. The highest BCUT2D eigenvalue weighted by Crippen LogP contribution is 2.13. The van der Waals surface area contributed by atoms with Crippen LogP contribution < -0.4 is 5.32 Å². The largest absolute Gasteiger partial charge is 0.361 e. The first-order valence-corrected chi connectivity index (χ1v) is 5.87. The van der Waals surface area contributed by atoms with E-state index < -0.39 is 0 Å². The van der Waals surface area contributed by atoms with Crippen molar-refractivity contribution in [2.45, 2.75) is 33.4 Å². The lowest BCUT2D eigenvalue weighted by Crippen LogP contribution is -2.18. The first-order chi connectivity index (χ1) is 8.15. The van der Waals surface area contributed by atoms with Crippen LogP contribution in [-0.4, -0.2) is 5.16 Å². The maximum Gasteiger partial charge on any atom is 0.133 e. The number of rotatable bonds is 4. The Morgan fingerprint density at radius 1 is 1.24 bits per heavy atom. The van der Waals surface area contributed by atoms with Gasteiger partial charge < -0.3 is 9.84 Å². The summed E-state index contributed by atoms with van der Waals surface area (Å²) in [5, 5.41) is 7.38. The number of benzene rings is 1. The third kappa shape index (κ3) is 3.17. The molecule has 1 unspecified atom stereocenters. The van der Waals surface area contributed by atoms with E-state index in [1.54, 1.807) is 0 Å². The Balaban J connectivity index is 1.93. The van der Waals surface area contributed by atoms with Crippen molar-refractivity contribution < 1.29 is 4.52 Å². The lowest BCUT2D eigenvalue weighted by molar-refractivity contribution is 0.386. The molecule has 0 radical (unpaired) electrons. The maximum absolute atomic E-state index is 5.03. The second-order valence-electron chi connectivity index (χ2n) is 4.44. The van der Waals surface area contributed by atoms with Crippen molar-refractivity contribution in [2.24, 2.45) is 0 Å². The molecule has 90 valence electrons. The predicted octanol–water partition coefficient (Wildman–Crippen LogP) is 3.14. The Hall–Kier alpha value is -1.61. The van der Waals surface area contributed by atoms with E-state index in [9.17, 15) is 0 Å². The Kier molecular flexibility index (Phi) is 3.59. The van der Waals surface area contributed by atoms with Gasteiger partial charge in [-0.3, -0.25) is 0 Å². The van der Waals surface area contributed by atoms with Crippen LogP contribution in [0.5, 0.6) is 0 Å². The van der Waals surface area contributed by atoms with Gasteiger partial charge in [-0.05, 0) is 26.3 Å². The zero-order valence-corrected chi connectivity index (χ0v) is 10.5. The normalized spacial score (nSPS) is 12.6. The number of nitrogens with zero attached hydrogens (tertiary/aromatic N) is 1. The molecule has 1 aromatic heterocycles. The summed E-state index contributed by atoms with van der Waals surface area (Å²) in [6.07, 6.45) is 0. The molecule has 1 atom stereocenters. The molecule has 1 heterocycles. The van der Waals surface area contributed by atoms with Crippen LogP contribution in [0.4, 0.5) is 0 Å². The number of hydrogen-bond acceptors (Lipinski definition) is 3. The smallest absolute Gasteiger partial charge is 0.133 e. The van der Waals surface area contributed by atoms with E-state index in [1.807, 2.05) is 13.0 Å². The number of nitrogens with one attached hydrogen (secondary N) is 1. The van der Waals surface area contributed by atoms with Gasteiger partial charge in [0.1, 0.15) is 5.76 Å². The van der Waals surface area contributed by atoms with E-state index in [0.29, 0.717) is 6.04 Å². The van der Waals surface area contributed by atoms with Crippen molar-refractivity contribution >= 4 is 0 Å². The fourth-order valence-electron chi connectivity index (χ4n) is 1.73. The summed E-state index contributed by atoms with van der Waals surface area (Å²) in [7, 11) is 0. The zero-order chi connectivity index (χ0) is 12.3. The van der Waals surface area contributed by atoms with Crippen LogP contribution in [0.1, 0.15) is 35.5 Å². The average Bonchev–Trinajstić information content (AvgIpc) is 2.73. The lowest BCUT2D eigenvalue weighted by Gasteiger charge is -2.13. The molecule has 2 aromatic rings. The molecule has 3 heteroatoms. The van der Waals surface area contributed by atoms with E-state index >= 15 is 0 Å². The molecule has 0 spiro atoms. The van der Waals surface area contributed by atoms with Crippen LogP contribution in [0, 0.1) is 13.8 Å². The minimum atomic E-state index is 0.313. The molecule has 0 amide bonds. The molecule has 0 saturated heterocycles. The zero-order valence-electron chi connectivity index (χ0n) is 10.5. The molecule has 0 aliphatic heterocycles. The summed E-state index contributed by atoms with van der Waals surface area (Å²) in [6.45, 7) is 6.88. The van der Waals surface area contributed by atoms with Crippen molar-refractivity contribution in [1.29, 1.82) is 0 Å². The highest BCUT2D eigenvalue weighted by molar-refractivity contribution is 5.23. The third-order valence-electron chi connectivity index (χ3n) is 2.84. The van der Waals surface area contributed by atoms with Gasteiger partial charge in [0.15, 0.2) is 0 Å². The molecule has 0 saturated carbocycles. The van der Waals surface area contributed by atoms with Gasteiger partial charge >= 0.3 is 0 Å². The Morgan fingerprint density at radius 3 is 2.53 bits per heavy atom. The van der Waals surface area contributed by atoms with Crippen molar-refractivity contribution in [3.63, 3.8) is 0 Å². The highest BCUT2D eigenvalue weighted by atomic mass is 16.5. The molecule has 17 heavy (non-hydrogen) atoms. The maximum atomic E-state index is 5.03. The lowest BCUT2D eigenvalue weighted by atomic mass is 10.1. The average molecular weight is 230 g/mol. The van der Waals surface area contributed by atoms with E-state index in [-0.39, 0.29) is 0 Å². The van der Waals surface area contributed by atoms with Gasteiger partial charge in [-0.15, -0.1) is 0 Å². The Labute approximate surface area is 102 Å². The van der Waals surface area contributed by atoms with Crippen LogP contribution >= 0.6 is 0 Å². The van der Waals surface area contributed by atoms with E-state index in [2.05, 4.69) is 48.6 Å². The molecule has 1 aromatic carbocycles. The molecule has 0 bridgehead atoms. The monoisotopic (exact) mass is 230 g/mol. The molecule has 1 N–H and O–H groups in total. The fraction of sp³-hybridized carbons (Fsp3) is 0.357. The van der Waals surface area contributed by atoms with Crippen molar-refractivity contribution in [1.82, 2.24) is 10.5 Å². The minimum Gasteiger partial charge on any atom is -0.361 e. The first kappa shape index (κ1) is 11.9. The second kappa shape index (κ2) is 5.15. The number of hydrogen-bond donors (Lipinski definition) is 1. The second-order valence-corrected chi connectivity index (χ2v) is 4.44. The minimum absolute atomic E-state index is 0.313. The van der Waals surface area contributed by atoms with E-state index in [0.717, 1.165) is 18.0 Å². The fourth-order valence-corrected chi connectivity index (χ4v) is 1.73. The molecule has 2 rings (SSSR count). The van der Waals surface area contributed by atoms with Crippen LogP contribution in [-0.2, 0) is 6.54 Å². The van der Waals surface area contributed by atoms with E-state index in [4.69, 9.17) is 4.52 Å². The highest BCUT2D eigenvalue weighted by Gasteiger charge is 2.06. The SMILES string of the molecule is Cc1ccc(C(C)NCc2cc(C)on2)cc1. The first-order valence-electron chi connectivity index (χ1n) is 5.87. The van der Waals surface area contributed by atoms with E-state index in [1.165, 1.54) is 11.1 Å². The molecule has 0 aliphatic rings. The van der Waals surface area contributed by atoms with Crippen LogP contribution in [0.15, 0.2) is 34.9 Å². The quantitative estimate of drug-likeness (QED) is 0.876.